The highest BCUT2D eigenvalue weighted by Crippen LogP contribution is 2.51. The molecule has 0 fully saturated rings. The molecule has 8 nitrogen and oxygen atoms in total. The maximum Gasteiger partial charge on any atom is 0.506 e. The van der Waals surface area contributed by atoms with E-state index in [2.05, 4.69) is 18.5 Å². The predicted octanol–water partition coefficient (Wildman–Crippen LogP) is 2.83. The van der Waals surface area contributed by atoms with Gasteiger partial charge in [0.05, 0.1) is 12.2 Å². The van der Waals surface area contributed by atoms with Crippen LogP contribution in [0.25, 0.3) is 0 Å². The molecule has 0 radical (unpaired) electrons. The summed E-state index contributed by atoms with van der Waals surface area (Å²) in [4.78, 5) is 14.7. The average molecular weight is 316 g/mol. The van der Waals surface area contributed by atoms with Gasteiger partial charge in [0, 0.05) is 0 Å². The molecule has 0 aliphatic heterocycles. The molecule has 18 heavy (non-hydrogen) atoms. The Bertz CT molecular complexity index is 290. The molecule has 12 heteroatoms. The van der Waals surface area contributed by atoms with E-state index in [9.17, 15) is 13.6 Å². The standard InChI is InChI=1S/C6H14FO4P.FH2O4P/c1-5(2)9-12(8,11-7)10-6(3)4;1-5-6(2,3)4/h5-6H,1-4H3;(H2,2,3,4). The van der Waals surface area contributed by atoms with E-state index < -0.39 is 27.9 Å². The molecule has 2 N–H and O–H groups in total. The highest BCUT2D eigenvalue weighted by atomic mass is 31.2. The molecule has 0 atom stereocenters. The second-order valence-corrected chi connectivity index (χ2v) is 5.96. The molecule has 0 bridgehead atoms. The quantitative estimate of drug-likeness (QED) is 0.719. The Morgan fingerprint density at radius 1 is 0.889 bits per heavy atom. The number of phosphoric acid groups is 2. The second kappa shape index (κ2) is 9.06. The minimum Gasteiger partial charge on any atom is -0.301 e. The molecule has 0 amide bonds. The zero-order valence-electron chi connectivity index (χ0n) is 10.1. The van der Waals surface area contributed by atoms with E-state index in [0.717, 1.165) is 0 Å². The molecular weight excluding hydrogens is 300 g/mol. The molecule has 0 rings (SSSR count). The summed E-state index contributed by atoms with van der Waals surface area (Å²) in [5.74, 6) is 0. The molecule has 0 aromatic heterocycles. The van der Waals surface area contributed by atoms with Crippen LogP contribution in [0.4, 0.5) is 9.05 Å². The zero-order valence-corrected chi connectivity index (χ0v) is 11.9. The Morgan fingerprint density at radius 2 is 1.17 bits per heavy atom. The molecule has 0 saturated heterocycles. The molecule has 0 aromatic rings. The average Bonchev–Trinajstić information content (AvgIpc) is 2.15. The van der Waals surface area contributed by atoms with Crippen LogP contribution in [0.3, 0.4) is 0 Å². The molecule has 0 unspecified atom stereocenters. The lowest BCUT2D eigenvalue weighted by Gasteiger charge is -2.17. The third-order valence-electron chi connectivity index (χ3n) is 0.854. The van der Waals surface area contributed by atoms with Gasteiger partial charge < -0.3 is 9.79 Å². The number of halogens is 2. The fourth-order valence-corrected chi connectivity index (χ4v) is 1.72. The molecule has 112 valence electrons. The molecule has 0 saturated carbocycles. The maximum absolute atomic E-state index is 11.7. The predicted molar refractivity (Wildman–Crippen MR) is 56.5 cm³/mol. The van der Waals surface area contributed by atoms with Crippen molar-refractivity contribution in [2.45, 2.75) is 39.9 Å². The van der Waals surface area contributed by atoms with Crippen molar-refractivity contribution in [1.82, 2.24) is 0 Å². The van der Waals surface area contributed by atoms with Gasteiger partial charge in [-0.1, -0.05) is 9.46 Å². The zero-order chi connectivity index (χ0) is 15.0. The lowest BCUT2D eigenvalue weighted by atomic mass is 10.5. The lowest BCUT2D eigenvalue weighted by Crippen LogP contribution is -2.07. The molecule has 0 aliphatic rings. The van der Waals surface area contributed by atoms with Gasteiger partial charge in [0.15, 0.2) is 0 Å². The first-order valence-electron chi connectivity index (χ1n) is 4.58. The number of rotatable bonds is 6. The van der Waals surface area contributed by atoms with E-state index in [0.29, 0.717) is 0 Å². The first kappa shape index (κ1) is 20.4. The van der Waals surface area contributed by atoms with Crippen molar-refractivity contribution in [3.8, 4) is 0 Å². The highest BCUT2D eigenvalue weighted by molar-refractivity contribution is 7.48. The smallest absolute Gasteiger partial charge is 0.301 e. The van der Waals surface area contributed by atoms with Crippen LogP contribution in [0.15, 0.2) is 0 Å². The minimum atomic E-state index is -4.81. The van der Waals surface area contributed by atoms with Crippen LogP contribution in [0.5, 0.6) is 0 Å². The fourth-order valence-electron chi connectivity index (χ4n) is 0.574. The van der Waals surface area contributed by atoms with Crippen LogP contribution in [0, 0.1) is 0 Å². The van der Waals surface area contributed by atoms with Gasteiger partial charge in [-0.2, -0.15) is 0 Å². The van der Waals surface area contributed by atoms with Crippen molar-refractivity contribution in [2.75, 3.05) is 0 Å². The van der Waals surface area contributed by atoms with Crippen LogP contribution in [0.2, 0.25) is 0 Å². The summed E-state index contributed by atoms with van der Waals surface area (Å²) < 4.78 is 56.8. The molecular formula is C6H16F2O8P2. The van der Waals surface area contributed by atoms with Crippen LogP contribution in [0.1, 0.15) is 27.7 Å². The third-order valence-corrected chi connectivity index (χ3v) is 2.56. The lowest BCUT2D eigenvalue weighted by molar-refractivity contribution is -0.0678. The van der Waals surface area contributed by atoms with Crippen molar-refractivity contribution in [3.05, 3.63) is 0 Å². The van der Waals surface area contributed by atoms with Gasteiger partial charge >= 0.3 is 15.6 Å². The monoisotopic (exact) mass is 316 g/mol. The van der Waals surface area contributed by atoms with Crippen LogP contribution in [-0.2, 0) is 27.6 Å². The van der Waals surface area contributed by atoms with Gasteiger partial charge in [-0.25, -0.2) is 9.13 Å². The van der Waals surface area contributed by atoms with Gasteiger partial charge in [-0.3, -0.25) is 9.05 Å². The van der Waals surface area contributed by atoms with Crippen molar-refractivity contribution in [2.24, 2.45) is 0 Å². The molecule has 0 spiro atoms. The maximum atomic E-state index is 11.7. The summed E-state index contributed by atoms with van der Waals surface area (Å²) in [6.07, 6.45) is -0.823. The van der Waals surface area contributed by atoms with Crippen molar-refractivity contribution >= 4 is 15.6 Å². The van der Waals surface area contributed by atoms with Gasteiger partial charge in [-0.05, 0) is 36.7 Å². The van der Waals surface area contributed by atoms with E-state index in [1.54, 1.807) is 27.7 Å². The van der Waals surface area contributed by atoms with E-state index in [4.69, 9.17) is 14.4 Å². The largest absolute Gasteiger partial charge is 0.506 e. The molecule has 0 heterocycles. The Morgan fingerprint density at radius 3 is 1.28 bits per heavy atom. The van der Waals surface area contributed by atoms with Gasteiger partial charge in [0.1, 0.15) is 0 Å². The summed E-state index contributed by atoms with van der Waals surface area (Å²) in [7, 11) is -8.79. The van der Waals surface area contributed by atoms with Crippen LogP contribution in [-0.4, -0.2) is 22.0 Å². The van der Waals surface area contributed by atoms with E-state index in [1.165, 1.54) is 0 Å². The normalized spacial score (nSPS) is 12.6. The van der Waals surface area contributed by atoms with E-state index >= 15 is 0 Å². The SMILES string of the molecule is CC(C)OP(=O)(OF)OC(C)C.O=P(O)(O)OF. The summed E-state index contributed by atoms with van der Waals surface area (Å²) in [6, 6.07) is 0. The third kappa shape index (κ3) is 14.1. The van der Waals surface area contributed by atoms with Crippen molar-refractivity contribution in [3.63, 3.8) is 0 Å². The van der Waals surface area contributed by atoms with Crippen LogP contribution < -0.4 is 0 Å². The summed E-state index contributed by atoms with van der Waals surface area (Å²) in [5, 5.41) is 0. The van der Waals surface area contributed by atoms with Crippen molar-refractivity contribution in [1.29, 1.82) is 0 Å². The first-order chi connectivity index (χ1) is 7.95. The minimum absolute atomic E-state index is 0.412. The van der Waals surface area contributed by atoms with Crippen molar-refractivity contribution < 1.29 is 46.5 Å². The number of phosphoric ester groups is 1. The topological polar surface area (TPSA) is 112 Å². The molecule has 0 aliphatic carbocycles. The Labute approximate surface area is 103 Å². The first-order valence-corrected chi connectivity index (χ1v) is 7.58. The second-order valence-electron chi connectivity index (χ2n) is 3.38. The number of hydrogen-bond acceptors (Lipinski definition) is 6. The summed E-state index contributed by atoms with van der Waals surface area (Å²) >= 11 is 0. The van der Waals surface area contributed by atoms with Gasteiger partial charge in [0.25, 0.3) is 0 Å². The fraction of sp³-hybridized carbons (Fsp3) is 1.00. The van der Waals surface area contributed by atoms with Gasteiger partial charge in [0.2, 0.25) is 0 Å². The van der Waals surface area contributed by atoms with Gasteiger partial charge in [-0.15, -0.1) is 0 Å². The number of hydrogen-bond donors (Lipinski definition) is 2. The van der Waals surface area contributed by atoms with Crippen LogP contribution >= 0.6 is 15.6 Å². The Balaban J connectivity index is 0. The summed E-state index contributed by atoms with van der Waals surface area (Å²) in [6.45, 7) is 6.43. The Hall–Kier alpha value is 0.0800. The summed E-state index contributed by atoms with van der Waals surface area (Å²) in [5.41, 5.74) is 0. The van der Waals surface area contributed by atoms with E-state index in [-0.39, 0.29) is 0 Å². The molecule has 0 aromatic carbocycles. The highest BCUT2D eigenvalue weighted by Gasteiger charge is 2.30. The Kier molecular flexibility index (Phi) is 10.3. The van der Waals surface area contributed by atoms with E-state index in [1.807, 2.05) is 0 Å².